The van der Waals surface area contributed by atoms with E-state index in [-0.39, 0.29) is 0 Å². The number of hydrogen-bond acceptors (Lipinski definition) is 1. The predicted molar refractivity (Wildman–Crippen MR) is 63.8 cm³/mol. The van der Waals surface area contributed by atoms with Gasteiger partial charge in [0.25, 0.3) is 0 Å². The fraction of sp³-hybridized carbons (Fsp3) is 0.417. The summed E-state index contributed by atoms with van der Waals surface area (Å²) >= 11 is 0. The molecular formula is C12H17N3. The van der Waals surface area contributed by atoms with Crippen LogP contribution in [0.4, 0.5) is 5.69 Å². The summed E-state index contributed by atoms with van der Waals surface area (Å²) in [5, 5.41) is 6.42. The van der Waals surface area contributed by atoms with Crippen LogP contribution in [0.2, 0.25) is 0 Å². The third-order valence-electron chi connectivity index (χ3n) is 2.73. The summed E-state index contributed by atoms with van der Waals surface area (Å²) in [5.41, 5.74) is 4.87. The Morgan fingerprint density at radius 1 is 1.07 bits per heavy atom. The first-order valence-electron chi connectivity index (χ1n) is 5.31. The van der Waals surface area contributed by atoms with Crippen molar-refractivity contribution in [1.29, 1.82) is 0 Å². The molecule has 2 N–H and O–H groups in total. The van der Waals surface area contributed by atoms with E-state index in [9.17, 15) is 0 Å². The van der Waals surface area contributed by atoms with Crippen LogP contribution in [-0.2, 0) is 0 Å². The molecule has 1 heterocycles. The molecule has 0 bridgehead atoms. The zero-order valence-electron chi connectivity index (χ0n) is 9.52. The van der Waals surface area contributed by atoms with E-state index >= 15 is 0 Å². The maximum Gasteiger partial charge on any atom is 0.196 e. The number of rotatable bonds is 1. The normalized spacial score (nSPS) is 14.7. The van der Waals surface area contributed by atoms with Gasteiger partial charge in [-0.2, -0.15) is 0 Å². The molecule has 1 aliphatic rings. The zero-order chi connectivity index (χ0) is 10.8. The van der Waals surface area contributed by atoms with E-state index in [1.807, 2.05) is 0 Å². The van der Waals surface area contributed by atoms with Crippen LogP contribution in [0.25, 0.3) is 0 Å². The Morgan fingerprint density at radius 3 is 2.40 bits per heavy atom. The first kappa shape index (κ1) is 10.0. The van der Waals surface area contributed by atoms with Crippen molar-refractivity contribution in [2.75, 3.05) is 13.1 Å². The monoisotopic (exact) mass is 203 g/mol. The molecule has 2 rings (SSSR count). The largest absolute Gasteiger partial charge is 0.354 e. The lowest BCUT2D eigenvalue weighted by Gasteiger charge is -2.07. The van der Waals surface area contributed by atoms with Crippen molar-refractivity contribution in [3.05, 3.63) is 28.8 Å². The van der Waals surface area contributed by atoms with Gasteiger partial charge in [0.2, 0.25) is 0 Å². The minimum atomic E-state index is 0.892. The summed E-state index contributed by atoms with van der Waals surface area (Å²) in [7, 11) is 0. The molecule has 3 heteroatoms. The molecule has 0 amide bonds. The van der Waals surface area contributed by atoms with Crippen LogP contribution in [0, 0.1) is 20.8 Å². The Hall–Kier alpha value is -1.51. The molecule has 1 aromatic rings. The average molecular weight is 203 g/mol. The van der Waals surface area contributed by atoms with Crippen LogP contribution in [0.5, 0.6) is 0 Å². The lowest BCUT2D eigenvalue weighted by atomic mass is 10.1. The number of hydrogen-bond donors (Lipinski definition) is 2. The van der Waals surface area contributed by atoms with E-state index in [1.165, 1.54) is 16.7 Å². The Bertz CT molecular complexity index is 400. The van der Waals surface area contributed by atoms with Crippen molar-refractivity contribution in [3.8, 4) is 0 Å². The molecule has 0 aliphatic carbocycles. The topological polar surface area (TPSA) is 36.4 Å². The quantitative estimate of drug-likeness (QED) is 0.730. The highest BCUT2D eigenvalue weighted by molar-refractivity contribution is 5.84. The Morgan fingerprint density at radius 2 is 1.73 bits per heavy atom. The van der Waals surface area contributed by atoms with Crippen molar-refractivity contribution < 1.29 is 0 Å². The molecule has 15 heavy (non-hydrogen) atoms. The van der Waals surface area contributed by atoms with E-state index in [2.05, 4.69) is 48.5 Å². The molecule has 0 aromatic heterocycles. The van der Waals surface area contributed by atoms with Gasteiger partial charge in [-0.05, 0) is 43.5 Å². The second-order valence-corrected chi connectivity index (χ2v) is 4.04. The summed E-state index contributed by atoms with van der Waals surface area (Å²) in [6.07, 6.45) is 0. The Balaban J connectivity index is 2.39. The molecule has 1 fully saturated rings. The molecule has 0 unspecified atom stereocenters. The van der Waals surface area contributed by atoms with E-state index in [4.69, 9.17) is 0 Å². The van der Waals surface area contributed by atoms with Crippen LogP contribution in [0.15, 0.2) is 17.1 Å². The van der Waals surface area contributed by atoms with Crippen molar-refractivity contribution in [3.63, 3.8) is 0 Å². The van der Waals surface area contributed by atoms with Crippen LogP contribution >= 0.6 is 0 Å². The summed E-state index contributed by atoms with van der Waals surface area (Å²) in [6, 6.07) is 4.31. The van der Waals surface area contributed by atoms with E-state index in [0.29, 0.717) is 0 Å². The lowest BCUT2D eigenvalue weighted by molar-refractivity contribution is 0.942. The number of guanidine groups is 1. The summed E-state index contributed by atoms with van der Waals surface area (Å²) < 4.78 is 0. The number of nitrogens with one attached hydrogen (secondary N) is 2. The summed E-state index contributed by atoms with van der Waals surface area (Å²) in [4.78, 5) is 4.57. The van der Waals surface area contributed by atoms with Crippen molar-refractivity contribution in [2.45, 2.75) is 20.8 Å². The maximum atomic E-state index is 4.57. The highest BCUT2D eigenvalue weighted by Gasteiger charge is 2.07. The Labute approximate surface area is 90.6 Å². The first-order valence-corrected chi connectivity index (χ1v) is 5.31. The minimum Gasteiger partial charge on any atom is -0.354 e. The van der Waals surface area contributed by atoms with Crippen LogP contribution in [0.1, 0.15) is 16.7 Å². The molecule has 0 radical (unpaired) electrons. The molecule has 0 spiro atoms. The number of nitrogens with zero attached hydrogens (tertiary/aromatic N) is 1. The van der Waals surface area contributed by atoms with E-state index in [1.54, 1.807) is 0 Å². The van der Waals surface area contributed by atoms with Crippen molar-refractivity contribution in [1.82, 2.24) is 10.6 Å². The summed E-state index contributed by atoms with van der Waals surface area (Å²) in [5.74, 6) is 0.892. The highest BCUT2D eigenvalue weighted by Crippen LogP contribution is 2.23. The molecule has 1 aromatic carbocycles. The fourth-order valence-corrected chi connectivity index (χ4v) is 1.76. The van der Waals surface area contributed by atoms with Crippen molar-refractivity contribution >= 4 is 11.6 Å². The van der Waals surface area contributed by atoms with E-state index in [0.717, 1.165) is 24.7 Å². The molecule has 1 saturated heterocycles. The molecule has 0 atom stereocenters. The molecule has 1 aliphatic heterocycles. The van der Waals surface area contributed by atoms with Gasteiger partial charge in [-0.3, -0.25) is 0 Å². The maximum absolute atomic E-state index is 4.57. The van der Waals surface area contributed by atoms with Gasteiger partial charge < -0.3 is 10.6 Å². The number of aliphatic imine (C=N–C) groups is 1. The van der Waals surface area contributed by atoms with E-state index < -0.39 is 0 Å². The van der Waals surface area contributed by atoms with Crippen LogP contribution < -0.4 is 10.6 Å². The number of aryl methyl sites for hydroxylation is 2. The third-order valence-corrected chi connectivity index (χ3v) is 2.73. The molecule has 3 nitrogen and oxygen atoms in total. The third kappa shape index (κ3) is 2.12. The first-order chi connectivity index (χ1) is 7.16. The molecule has 0 saturated carbocycles. The van der Waals surface area contributed by atoms with Gasteiger partial charge in [-0.1, -0.05) is 6.07 Å². The van der Waals surface area contributed by atoms with Crippen LogP contribution in [0.3, 0.4) is 0 Å². The van der Waals surface area contributed by atoms with Gasteiger partial charge in [0.15, 0.2) is 5.96 Å². The van der Waals surface area contributed by atoms with Gasteiger partial charge in [0.05, 0.1) is 5.69 Å². The second kappa shape index (κ2) is 3.93. The smallest absolute Gasteiger partial charge is 0.196 e. The Kier molecular flexibility index (Phi) is 2.62. The van der Waals surface area contributed by atoms with Gasteiger partial charge >= 0.3 is 0 Å². The SMILES string of the molecule is Cc1cc(C)c(C)c(N=C2NCCN2)c1. The second-order valence-electron chi connectivity index (χ2n) is 4.04. The van der Waals surface area contributed by atoms with Gasteiger partial charge in [-0.25, -0.2) is 4.99 Å². The average Bonchev–Trinajstić information content (AvgIpc) is 2.66. The summed E-state index contributed by atoms with van der Waals surface area (Å²) in [6.45, 7) is 8.27. The molecular weight excluding hydrogens is 186 g/mol. The fourth-order valence-electron chi connectivity index (χ4n) is 1.76. The highest BCUT2D eigenvalue weighted by atomic mass is 15.2. The lowest BCUT2D eigenvalue weighted by Crippen LogP contribution is -2.23. The number of benzene rings is 1. The van der Waals surface area contributed by atoms with Crippen LogP contribution in [-0.4, -0.2) is 19.0 Å². The zero-order valence-corrected chi connectivity index (χ0v) is 9.52. The van der Waals surface area contributed by atoms with Gasteiger partial charge in [-0.15, -0.1) is 0 Å². The standard InChI is InChI=1S/C12H17N3/c1-8-6-9(2)10(3)11(7-8)15-12-13-4-5-14-12/h6-7H,4-5H2,1-3H3,(H2,13,14,15). The predicted octanol–water partition coefficient (Wildman–Crippen LogP) is 1.79. The van der Waals surface area contributed by atoms with Crippen molar-refractivity contribution in [2.24, 2.45) is 4.99 Å². The van der Waals surface area contributed by atoms with Gasteiger partial charge in [0.1, 0.15) is 0 Å². The minimum absolute atomic E-state index is 0.892. The molecule has 80 valence electrons. The van der Waals surface area contributed by atoms with Gasteiger partial charge in [0, 0.05) is 13.1 Å².